The molecule has 1 aromatic heterocycles. The summed E-state index contributed by atoms with van der Waals surface area (Å²) in [5.41, 5.74) is 3.20. The van der Waals surface area contributed by atoms with Crippen molar-refractivity contribution in [2.75, 3.05) is 19.6 Å². The van der Waals surface area contributed by atoms with Gasteiger partial charge in [0.1, 0.15) is 0 Å². The van der Waals surface area contributed by atoms with E-state index in [-0.39, 0.29) is 5.69 Å². The summed E-state index contributed by atoms with van der Waals surface area (Å²) >= 11 is 0. The Morgan fingerprint density at radius 3 is 2.50 bits per heavy atom. The van der Waals surface area contributed by atoms with Crippen LogP contribution in [0, 0.1) is 0 Å². The maximum absolute atomic E-state index is 11.9. The van der Waals surface area contributed by atoms with Gasteiger partial charge in [-0.05, 0) is 43.8 Å². The van der Waals surface area contributed by atoms with E-state index in [0.717, 1.165) is 43.6 Å². The molecule has 5 heteroatoms. The van der Waals surface area contributed by atoms with Gasteiger partial charge in [0, 0.05) is 20.6 Å². The van der Waals surface area contributed by atoms with Gasteiger partial charge in [-0.3, -0.25) is 9.13 Å². The predicted octanol–water partition coefficient (Wildman–Crippen LogP) is 0.966. The van der Waals surface area contributed by atoms with Crippen LogP contribution in [0.3, 0.4) is 0 Å². The minimum Gasteiger partial charge on any atom is -0.317 e. The fourth-order valence-electron chi connectivity index (χ4n) is 2.41. The van der Waals surface area contributed by atoms with E-state index in [1.54, 1.807) is 9.13 Å². The van der Waals surface area contributed by atoms with Crippen LogP contribution in [0.25, 0.3) is 11.0 Å². The monoisotopic (exact) mass is 276 g/mol. The summed E-state index contributed by atoms with van der Waals surface area (Å²) in [5, 5.41) is 6.74. The fraction of sp³-hybridized carbons (Fsp3) is 0.533. The van der Waals surface area contributed by atoms with Crippen molar-refractivity contribution in [1.82, 2.24) is 19.8 Å². The third kappa shape index (κ3) is 3.11. The molecule has 0 aliphatic carbocycles. The lowest BCUT2D eigenvalue weighted by Crippen LogP contribution is -2.21. The number of hydrogen-bond donors (Lipinski definition) is 2. The molecular weight excluding hydrogens is 252 g/mol. The van der Waals surface area contributed by atoms with Crippen LogP contribution < -0.4 is 16.3 Å². The molecular formula is C15H24N4O. The number of hydrogen-bond acceptors (Lipinski definition) is 3. The molecule has 0 spiro atoms. The molecule has 0 saturated heterocycles. The van der Waals surface area contributed by atoms with E-state index >= 15 is 0 Å². The van der Waals surface area contributed by atoms with Crippen LogP contribution in [0.5, 0.6) is 0 Å². The van der Waals surface area contributed by atoms with Gasteiger partial charge in [-0.25, -0.2) is 4.79 Å². The van der Waals surface area contributed by atoms with Gasteiger partial charge in [0.05, 0.1) is 11.0 Å². The zero-order chi connectivity index (χ0) is 14.5. The number of benzene rings is 1. The molecule has 2 aromatic rings. The van der Waals surface area contributed by atoms with Gasteiger partial charge in [0.25, 0.3) is 0 Å². The number of aromatic nitrogens is 2. The van der Waals surface area contributed by atoms with E-state index in [4.69, 9.17) is 0 Å². The molecule has 0 bridgehead atoms. The van der Waals surface area contributed by atoms with Gasteiger partial charge in [0.15, 0.2) is 0 Å². The molecule has 110 valence electrons. The van der Waals surface area contributed by atoms with E-state index in [1.165, 1.54) is 5.56 Å². The third-order valence-corrected chi connectivity index (χ3v) is 3.62. The van der Waals surface area contributed by atoms with E-state index in [1.807, 2.05) is 20.2 Å². The molecule has 1 aromatic carbocycles. The van der Waals surface area contributed by atoms with Crippen LogP contribution in [0.15, 0.2) is 23.0 Å². The van der Waals surface area contributed by atoms with Gasteiger partial charge < -0.3 is 10.6 Å². The Bertz CT molecular complexity index is 627. The molecule has 20 heavy (non-hydrogen) atoms. The first-order valence-corrected chi connectivity index (χ1v) is 7.21. The second-order valence-electron chi connectivity index (χ2n) is 5.11. The molecule has 0 unspecified atom stereocenters. The number of rotatable bonds is 7. The van der Waals surface area contributed by atoms with E-state index in [0.29, 0.717) is 0 Å². The molecule has 2 rings (SSSR count). The molecule has 0 aliphatic rings. The van der Waals surface area contributed by atoms with Crippen molar-refractivity contribution >= 4 is 11.0 Å². The highest BCUT2D eigenvalue weighted by Gasteiger charge is 2.07. The van der Waals surface area contributed by atoms with Crippen LogP contribution in [0.2, 0.25) is 0 Å². The van der Waals surface area contributed by atoms with Crippen molar-refractivity contribution in [1.29, 1.82) is 0 Å². The Balaban J connectivity index is 1.98. The Morgan fingerprint density at radius 1 is 1.05 bits per heavy atom. The fourth-order valence-corrected chi connectivity index (χ4v) is 2.41. The first kappa shape index (κ1) is 14.8. The first-order chi connectivity index (χ1) is 9.65. The second-order valence-corrected chi connectivity index (χ2v) is 5.11. The average molecular weight is 276 g/mol. The molecule has 0 fully saturated rings. The molecule has 0 amide bonds. The van der Waals surface area contributed by atoms with Crippen LogP contribution in [-0.2, 0) is 20.6 Å². The quantitative estimate of drug-likeness (QED) is 0.741. The summed E-state index contributed by atoms with van der Waals surface area (Å²) in [4.78, 5) is 11.9. The Labute approximate surface area is 119 Å². The lowest BCUT2D eigenvalue weighted by Gasteiger charge is -2.06. The zero-order valence-electron chi connectivity index (χ0n) is 12.6. The topological polar surface area (TPSA) is 51.0 Å². The number of nitrogens with zero attached hydrogens (tertiary/aromatic N) is 2. The van der Waals surface area contributed by atoms with Crippen LogP contribution in [-0.4, -0.2) is 28.8 Å². The summed E-state index contributed by atoms with van der Waals surface area (Å²) in [6, 6.07) is 6.19. The standard InChI is InChI=1S/C15H24N4O/c1-4-16-8-5-9-17-11-12-6-7-13-14(10-12)19(3)15(20)18(13)2/h6-7,10,16-17H,4-5,8-9,11H2,1-3H3. The lowest BCUT2D eigenvalue weighted by atomic mass is 10.2. The Morgan fingerprint density at radius 2 is 1.75 bits per heavy atom. The molecule has 2 N–H and O–H groups in total. The number of aryl methyl sites for hydroxylation is 2. The third-order valence-electron chi connectivity index (χ3n) is 3.62. The molecule has 0 atom stereocenters. The average Bonchev–Trinajstić information content (AvgIpc) is 2.67. The maximum Gasteiger partial charge on any atom is 0.328 e. The van der Waals surface area contributed by atoms with Crippen molar-refractivity contribution in [3.05, 3.63) is 34.2 Å². The number of imidazole rings is 1. The van der Waals surface area contributed by atoms with E-state index in [9.17, 15) is 4.79 Å². The number of fused-ring (bicyclic) bond motifs is 1. The van der Waals surface area contributed by atoms with Crippen molar-refractivity contribution < 1.29 is 0 Å². The highest BCUT2D eigenvalue weighted by atomic mass is 16.1. The maximum atomic E-state index is 11.9. The first-order valence-electron chi connectivity index (χ1n) is 7.21. The number of nitrogens with one attached hydrogen (secondary N) is 2. The van der Waals surface area contributed by atoms with Gasteiger partial charge in [-0.15, -0.1) is 0 Å². The van der Waals surface area contributed by atoms with Crippen molar-refractivity contribution in [3.63, 3.8) is 0 Å². The largest absolute Gasteiger partial charge is 0.328 e. The van der Waals surface area contributed by atoms with Gasteiger partial charge in [0.2, 0.25) is 0 Å². The smallest absolute Gasteiger partial charge is 0.317 e. The highest BCUT2D eigenvalue weighted by Crippen LogP contribution is 2.13. The van der Waals surface area contributed by atoms with Crippen molar-refractivity contribution in [3.8, 4) is 0 Å². The van der Waals surface area contributed by atoms with Crippen molar-refractivity contribution in [2.45, 2.75) is 19.9 Å². The predicted molar refractivity (Wildman–Crippen MR) is 83.0 cm³/mol. The normalized spacial score (nSPS) is 11.3. The van der Waals surface area contributed by atoms with Gasteiger partial charge >= 0.3 is 5.69 Å². The summed E-state index contributed by atoms with van der Waals surface area (Å²) in [6.07, 6.45) is 1.12. The van der Waals surface area contributed by atoms with E-state index < -0.39 is 0 Å². The Kier molecular flexibility index (Phi) is 4.98. The van der Waals surface area contributed by atoms with Crippen LogP contribution >= 0.6 is 0 Å². The van der Waals surface area contributed by atoms with E-state index in [2.05, 4.69) is 29.7 Å². The van der Waals surface area contributed by atoms with Crippen LogP contribution in [0.4, 0.5) is 0 Å². The minimum absolute atomic E-state index is 0.0238. The molecule has 0 radical (unpaired) electrons. The second kappa shape index (κ2) is 6.72. The SMILES string of the molecule is CCNCCCNCc1ccc2c(c1)n(C)c(=O)n2C. The van der Waals surface area contributed by atoms with Crippen molar-refractivity contribution in [2.24, 2.45) is 14.1 Å². The van der Waals surface area contributed by atoms with Gasteiger partial charge in [-0.1, -0.05) is 13.0 Å². The highest BCUT2D eigenvalue weighted by molar-refractivity contribution is 5.76. The zero-order valence-corrected chi connectivity index (χ0v) is 12.6. The summed E-state index contributed by atoms with van der Waals surface area (Å²) in [7, 11) is 3.63. The molecule has 5 nitrogen and oxygen atoms in total. The summed E-state index contributed by atoms with van der Waals surface area (Å²) < 4.78 is 3.38. The molecule has 0 saturated carbocycles. The summed E-state index contributed by atoms with van der Waals surface area (Å²) in [6.45, 7) is 6.03. The Hall–Kier alpha value is -1.59. The van der Waals surface area contributed by atoms with Gasteiger partial charge in [-0.2, -0.15) is 0 Å². The molecule has 0 aliphatic heterocycles. The minimum atomic E-state index is 0.0238. The lowest BCUT2D eigenvalue weighted by molar-refractivity contribution is 0.606. The summed E-state index contributed by atoms with van der Waals surface area (Å²) in [5.74, 6) is 0. The molecule has 1 heterocycles. The van der Waals surface area contributed by atoms with Crippen LogP contribution in [0.1, 0.15) is 18.9 Å².